The van der Waals surface area contributed by atoms with Gasteiger partial charge >= 0.3 is 0 Å². The van der Waals surface area contributed by atoms with Gasteiger partial charge in [-0.25, -0.2) is 8.42 Å². The smallest absolute Gasteiger partial charge is 0.254 e. The zero-order chi connectivity index (χ0) is 23.4. The third-order valence-corrected chi connectivity index (χ3v) is 8.66. The second kappa shape index (κ2) is 10.4. The van der Waals surface area contributed by atoms with Crippen molar-refractivity contribution in [2.24, 2.45) is 0 Å². The van der Waals surface area contributed by atoms with Crippen molar-refractivity contribution in [1.29, 1.82) is 0 Å². The summed E-state index contributed by atoms with van der Waals surface area (Å²) in [7, 11) is -2.20. The van der Waals surface area contributed by atoms with Gasteiger partial charge in [0.15, 0.2) is 0 Å². The maximum absolute atomic E-state index is 13.7. The normalized spacial score (nSPS) is 20.3. The van der Waals surface area contributed by atoms with E-state index >= 15 is 0 Å². The summed E-state index contributed by atoms with van der Waals surface area (Å²) in [6, 6.07) is 12.2. The van der Waals surface area contributed by atoms with Crippen LogP contribution in [0.1, 0.15) is 47.6 Å². The first kappa shape index (κ1) is 24.0. The molecular weight excluding hydrogens is 464 g/mol. The van der Waals surface area contributed by atoms with Gasteiger partial charge in [-0.2, -0.15) is 4.31 Å². The number of ether oxygens (including phenoxy) is 2. The Bertz CT molecular complexity index is 1080. The second-order valence-corrected chi connectivity index (χ2v) is 10.6. The van der Waals surface area contributed by atoms with Crippen LogP contribution in [0.4, 0.5) is 0 Å². The third kappa shape index (κ3) is 5.19. The molecule has 2 fully saturated rings. The Kier molecular flexibility index (Phi) is 7.58. The molecule has 2 aliphatic rings. The molecule has 0 radical (unpaired) electrons. The number of likely N-dealkylation sites (tertiary alicyclic amines) is 1. The molecule has 1 amide bonds. The molecule has 33 heavy (non-hydrogen) atoms. The first-order valence-electron chi connectivity index (χ1n) is 11.2. The average Bonchev–Trinajstić information content (AvgIpc) is 3.10. The molecule has 0 saturated carbocycles. The van der Waals surface area contributed by atoms with Crippen molar-refractivity contribution in [2.75, 3.05) is 40.0 Å². The third-order valence-electron chi connectivity index (χ3n) is 6.28. The van der Waals surface area contributed by atoms with Gasteiger partial charge in [0.2, 0.25) is 10.0 Å². The predicted molar refractivity (Wildman–Crippen MR) is 126 cm³/mol. The van der Waals surface area contributed by atoms with Gasteiger partial charge in [-0.15, -0.1) is 0 Å². The first-order chi connectivity index (χ1) is 15.9. The Morgan fingerprint density at radius 3 is 2.45 bits per heavy atom. The largest absolute Gasteiger partial charge is 0.497 e. The summed E-state index contributed by atoms with van der Waals surface area (Å²) >= 11 is 6.30. The van der Waals surface area contributed by atoms with Crippen LogP contribution < -0.4 is 4.74 Å². The lowest BCUT2D eigenvalue weighted by molar-refractivity contribution is 0.0680. The van der Waals surface area contributed by atoms with Crippen LogP contribution in [-0.4, -0.2) is 63.5 Å². The van der Waals surface area contributed by atoms with Crippen LogP contribution in [0.3, 0.4) is 0 Å². The Labute approximate surface area is 200 Å². The van der Waals surface area contributed by atoms with E-state index in [4.69, 9.17) is 21.1 Å². The number of carbonyl (C=O) groups is 1. The fraction of sp³-hybridized carbons (Fsp3) is 0.458. The highest BCUT2D eigenvalue weighted by atomic mass is 35.5. The van der Waals surface area contributed by atoms with Crippen LogP contribution in [0.5, 0.6) is 5.75 Å². The molecule has 0 aliphatic carbocycles. The van der Waals surface area contributed by atoms with Gasteiger partial charge in [-0.05, 0) is 48.7 Å². The van der Waals surface area contributed by atoms with Crippen LogP contribution in [0.15, 0.2) is 47.4 Å². The summed E-state index contributed by atoms with van der Waals surface area (Å²) in [6.45, 7) is 1.83. The number of benzene rings is 2. The van der Waals surface area contributed by atoms with Crippen molar-refractivity contribution >= 4 is 27.5 Å². The minimum atomic E-state index is -3.82. The number of nitrogens with zero attached hydrogens (tertiary/aromatic N) is 2. The highest BCUT2D eigenvalue weighted by Crippen LogP contribution is 2.33. The predicted octanol–water partition coefficient (Wildman–Crippen LogP) is 4.13. The molecule has 2 heterocycles. The van der Waals surface area contributed by atoms with Gasteiger partial charge in [-0.3, -0.25) is 4.79 Å². The average molecular weight is 493 g/mol. The molecule has 2 aromatic carbocycles. The quantitative estimate of drug-likeness (QED) is 0.627. The summed E-state index contributed by atoms with van der Waals surface area (Å²) in [5.74, 6) is 0.578. The minimum absolute atomic E-state index is 0.0345. The molecule has 9 heteroatoms. The highest BCUT2D eigenvalue weighted by molar-refractivity contribution is 7.89. The van der Waals surface area contributed by atoms with Crippen LogP contribution >= 0.6 is 11.6 Å². The van der Waals surface area contributed by atoms with E-state index in [2.05, 4.69) is 0 Å². The summed E-state index contributed by atoms with van der Waals surface area (Å²) < 4.78 is 38.3. The number of rotatable bonds is 5. The Morgan fingerprint density at radius 1 is 1.03 bits per heavy atom. The molecule has 2 aliphatic heterocycles. The van der Waals surface area contributed by atoms with E-state index in [-0.39, 0.29) is 35.0 Å². The fourth-order valence-electron chi connectivity index (χ4n) is 4.45. The zero-order valence-electron chi connectivity index (χ0n) is 18.7. The summed E-state index contributed by atoms with van der Waals surface area (Å²) in [4.78, 5) is 15.5. The Balaban J connectivity index is 1.65. The SMILES string of the molecule is COc1ccc([C@@H]2CCCCCN2C(=O)c2ccc(Cl)c(S(=O)(=O)N3CCOCC3)c2)cc1. The van der Waals surface area contributed by atoms with E-state index in [0.717, 1.165) is 37.0 Å². The topological polar surface area (TPSA) is 76.2 Å². The molecule has 0 unspecified atom stereocenters. The standard InChI is InChI=1S/C24H29ClN2O5S/c1-31-20-9-6-18(7-10-20)22-5-3-2-4-12-27(22)24(28)19-8-11-21(25)23(17-19)33(29,30)26-13-15-32-16-14-26/h6-11,17,22H,2-5,12-16H2,1H3/t22-/m0/s1. The number of halogens is 1. The van der Waals surface area contributed by atoms with Gasteiger partial charge < -0.3 is 14.4 Å². The maximum Gasteiger partial charge on any atom is 0.254 e. The van der Waals surface area contributed by atoms with Crippen molar-refractivity contribution < 1.29 is 22.7 Å². The van der Waals surface area contributed by atoms with E-state index in [1.807, 2.05) is 29.2 Å². The van der Waals surface area contributed by atoms with E-state index < -0.39 is 10.0 Å². The van der Waals surface area contributed by atoms with Crippen LogP contribution in [0.25, 0.3) is 0 Å². The number of hydrogen-bond acceptors (Lipinski definition) is 5. The zero-order valence-corrected chi connectivity index (χ0v) is 20.3. The van der Waals surface area contributed by atoms with Gasteiger partial charge in [0.1, 0.15) is 10.6 Å². The van der Waals surface area contributed by atoms with E-state index in [1.54, 1.807) is 13.2 Å². The molecule has 0 aromatic heterocycles. The van der Waals surface area contributed by atoms with Gasteiger partial charge in [-0.1, -0.05) is 36.6 Å². The monoisotopic (exact) mass is 492 g/mol. The summed E-state index contributed by atoms with van der Waals surface area (Å²) in [5, 5.41) is 0.112. The van der Waals surface area contributed by atoms with Crippen molar-refractivity contribution in [3.05, 3.63) is 58.6 Å². The molecule has 0 spiro atoms. The first-order valence-corrected chi connectivity index (χ1v) is 13.1. The summed E-state index contributed by atoms with van der Waals surface area (Å²) in [5.41, 5.74) is 1.37. The Hall–Kier alpha value is -2.13. The lowest BCUT2D eigenvalue weighted by Crippen LogP contribution is -2.41. The lowest BCUT2D eigenvalue weighted by Gasteiger charge is -2.31. The minimum Gasteiger partial charge on any atom is -0.497 e. The fourth-order valence-corrected chi connectivity index (χ4v) is 6.36. The van der Waals surface area contributed by atoms with Crippen LogP contribution in [0, 0.1) is 0 Å². The molecule has 4 rings (SSSR count). The van der Waals surface area contributed by atoms with Gasteiger partial charge in [0, 0.05) is 25.2 Å². The molecule has 7 nitrogen and oxygen atoms in total. The van der Waals surface area contributed by atoms with E-state index in [0.29, 0.717) is 25.3 Å². The van der Waals surface area contributed by atoms with Gasteiger partial charge in [0.05, 0.1) is 31.4 Å². The van der Waals surface area contributed by atoms with E-state index in [9.17, 15) is 13.2 Å². The molecule has 2 saturated heterocycles. The van der Waals surface area contributed by atoms with E-state index in [1.165, 1.54) is 16.4 Å². The van der Waals surface area contributed by atoms with Crippen LogP contribution in [-0.2, 0) is 14.8 Å². The number of sulfonamides is 1. The molecule has 0 N–H and O–H groups in total. The van der Waals surface area contributed by atoms with Crippen molar-refractivity contribution in [1.82, 2.24) is 9.21 Å². The molecule has 1 atom stereocenters. The number of methoxy groups -OCH3 is 1. The van der Waals surface area contributed by atoms with Crippen molar-refractivity contribution in [2.45, 2.75) is 36.6 Å². The number of morpholine rings is 1. The molecule has 0 bridgehead atoms. The molecule has 2 aromatic rings. The van der Waals surface area contributed by atoms with Crippen molar-refractivity contribution in [3.63, 3.8) is 0 Å². The highest BCUT2D eigenvalue weighted by Gasteiger charge is 2.32. The maximum atomic E-state index is 13.7. The number of carbonyl (C=O) groups excluding carboxylic acids is 1. The number of hydrogen-bond donors (Lipinski definition) is 0. The second-order valence-electron chi connectivity index (χ2n) is 8.30. The summed E-state index contributed by atoms with van der Waals surface area (Å²) in [6.07, 6.45) is 3.83. The van der Waals surface area contributed by atoms with Gasteiger partial charge in [0.25, 0.3) is 5.91 Å². The van der Waals surface area contributed by atoms with Crippen molar-refractivity contribution in [3.8, 4) is 5.75 Å². The Morgan fingerprint density at radius 2 is 1.76 bits per heavy atom. The van der Waals surface area contributed by atoms with Crippen LogP contribution in [0.2, 0.25) is 5.02 Å². The number of amides is 1. The molecular formula is C24H29ClN2O5S. The lowest BCUT2D eigenvalue weighted by atomic mass is 10.00. The molecule has 178 valence electrons.